The van der Waals surface area contributed by atoms with Crippen LogP contribution in [0.15, 0.2) is 24.3 Å². The third-order valence-electron chi connectivity index (χ3n) is 3.06. The van der Waals surface area contributed by atoms with E-state index in [1.165, 1.54) is 12.0 Å². The van der Waals surface area contributed by atoms with E-state index in [-0.39, 0.29) is 0 Å². The Morgan fingerprint density at radius 2 is 1.80 bits per heavy atom. The number of rotatable bonds is 5. The molecule has 1 rings (SSSR count). The minimum absolute atomic E-state index is 0.328. The lowest BCUT2D eigenvalue weighted by Gasteiger charge is -2.19. The van der Waals surface area contributed by atoms with Crippen LogP contribution in [0.4, 0.5) is 0 Å². The average molecular weight is 207 g/mol. The second-order valence-electron chi connectivity index (χ2n) is 4.22. The normalized spacial score (nSPS) is 14.9. The highest BCUT2D eigenvalue weighted by Gasteiger charge is 2.08. The Labute approximate surface area is 92.3 Å². The number of hydrogen-bond donors (Lipinski definition) is 2. The van der Waals surface area contributed by atoms with Crippen LogP contribution in [0.25, 0.3) is 0 Å². The van der Waals surface area contributed by atoms with E-state index in [0.29, 0.717) is 17.7 Å². The summed E-state index contributed by atoms with van der Waals surface area (Å²) in [5, 5.41) is 12.6. The maximum absolute atomic E-state index is 9.14. The van der Waals surface area contributed by atoms with Crippen LogP contribution in [-0.2, 0) is 6.54 Å². The Morgan fingerprint density at radius 3 is 2.33 bits per heavy atom. The van der Waals surface area contributed by atoms with Crippen molar-refractivity contribution in [3.63, 3.8) is 0 Å². The predicted octanol–water partition coefficient (Wildman–Crippen LogP) is 2.92. The molecule has 2 unspecified atom stereocenters. The second kappa shape index (κ2) is 5.76. The molecule has 0 saturated heterocycles. The van der Waals surface area contributed by atoms with Gasteiger partial charge in [0.2, 0.25) is 0 Å². The van der Waals surface area contributed by atoms with Crippen LogP contribution < -0.4 is 5.32 Å². The fourth-order valence-corrected chi connectivity index (χ4v) is 1.45. The molecule has 1 aromatic rings. The zero-order valence-electron chi connectivity index (χ0n) is 9.83. The van der Waals surface area contributed by atoms with Gasteiger partial charge in [-0.2, -0.15) is 0 Å². The van der Waals surface area contributed by atoms with Crippen LogP contribution in [0.2, 0.25) is 0 Å². The van der Waals surface area contributed by atoms with Crippen molar-refractivity contribution in [2.24, 2.45) is 5.92 Å². The molecule has 0 saturated carbocycles. The van der Waals surface area contributed by atoms with Gasteiger partial charge in [-0.1, -0.05) is 32.4 Å². The van der Waals surface area contributed by atoms with Gasteiger partial charge >= 0.3 is 0 Å². The monoisotopic (exact) mass is 207 g/mol. The summed E-state index contributed by atoms with van der Waals surface area (Å²) in [7, 11) is 0. The SMILES string of the molecule is CCC(C)C(C)NCc1ccc(O)cc1. The first kappa shape index (κ1) is 12.1. The topological polar surface area (TPSA) is 32.3 Å². The third-order valence-corrected chi connectivity index (χ3v) is 3.06. The van der Waals surface area contributed by atoms with Crippen molar-refractivity contribution in [2.45, 2.75) is 39.8 Å². The Hall–Kier alpha value is -1.02. The molecule has 1 aromatic carbocycles. The van der Waals surface area contributed by atoms with E-state index in [2.05, 4.69) is 26.1 Å². The Balaban J connectivity index is 2.40. The van der Waals surface area contributed by atoms with Gasteiger partial charge in [-0.05, 0) is 30.5 Å². The van der Waals surface area contributed by atoms with Crippen molar-refractivity contribution >= 4 is 0 Å². The van der Waals surface area contributed by atoms with Crippen molar-refractivity contribution < 1.29 is 5.11 Å². The molecule has 0 aliphatic rings. The molecule has 0 bridgehead atoms. The van der Waals surface area contributed by atoms with E-state index in [0.717, 1.165) is 6.54 Å². The van der Waals surface area contributed by atoms with Crippen molar-refractivity contribution in [3.05, 3.63) is 29.8 Å². The van der Waals surface area contributed by atoms with Crippen molar-refractivity contribution in [3.8, 4) is 5.75 Å². The highest BCUT2D eigenvalue weighted by molar-refractivity contribution is 5.25. The number of nitrogens with one attached hydrogen (secondary N) is 1. The lowest BCUT2D eigenvalue weighted by Crippen LogP contribution is -2.31. The number of aromatic hydroxyl groups is 1. The van der Waals surface area contributed by atoms with Gasteiger partial charge in [0.25, 0.3) is 0 Å². The van der Waals surface area contributed by atoms with E-state index >= 15 is 0 Å². The zero-order chi connectivity index (χ0) is 11.3. The Kier molecular flexibility index (Phi) is 4.63. The van der Waals surface area contributed by atoms with Crippen LogP contribution in [0.1, 0.15) is 32.8 Å². The van der Waals surface area contributed by atoms with Gasteiger partial charge < -0.3 is 10.4 Å². The van der Waals surface area contributed by atoms with Crippen LogP contribution in [0.5, 0.6) is 5.75 Å². The fourth-order valence-electron chi connectivity index (χ4n) is 1.45. The minimum atomic E-state index is 0.328. The van der Waals surface area contributed by atoms with Gasteiger partial charge in [0, 0.05) is 12.6 Å². The van der Waals surface area contributed by atoms with Crippen molar-refractivity contribution in [1.82, 2.24) is 5.32 Å². The first-order valence-electron chi connectivity index (χ1n) is 5.64. The van der Waals surface area contributed by atoms with Gasteiger partial charge in [-0.25, -0.2) is 0 Å². The Bertz CT molecular complexity index is 281. The highest BCUT2D eigenvalue weighted by Crippen LogP contribution is 2.11. The molecule has 2 nitrogen and oxygen atoms in total. The molecule has 15 heavy (non-hydrogen) atoms. The third kappa shape index (κ3) is 3.92. The number of phenols is 1. The van der Waals surface area contributed by atoms with Crippen molar-refractivity contribution in [1.29, 1.82) is 0 Å². The molecule has 0 amide bonds. The first-order valence-corrected chi connectivity index (χ1v) is 5.64. The molecule has 0 spiro atoms. The lowest BCUT2D eigenvalue weighted by molar-refractivity contribution is 0.389. The molecule has 2 N–H and O–H groups in total. The predicted molar refractivity (Wildman–Crippen MR) is 63.9 cm³/mol. The van der Waals surface area contributed by atoms with Crippen molar-refractivity contribution in [2.75, 3.05) is 0 Å². The average Bonchev–Trinajstić information content (AvgIpc) is 2.26. The quantitative estimate of drug-likeness (QED) is 0.778. The van der Waals surface area contributed by atoms with E-state index in [9.17, 15) is 0 Å². The number of phenolic OH excluding ortho intramolecular Hbond substituents is 1. The second-order valence-corrected chi connectivity index (χ2v) is 4.22. The minimum Gasteiger partial charge on any atom is -0.508 e. The summed E-state index contributed by atoms with van der Waals surface area (Å²) in [4.78, 5) is 0. The molecule has 2 heteroatoms. The summed E-state index contributed by atoms with van der Waals surface area (Å²) in [5.41, 5.74) is 1.21. The molecule has 2 atom stereocenters. The van der Waals surface area contributed by atoms with Gasteiger partial charge in [0.15, 0.2) is 0 Å². The molecule has 0 heterocycles. The lowest BCUT2D eigenvalue weighted by atomic mass is 10.0. The van der Waals surface area contributed by atoms with Crippen LogP contribution >= 0.6 is 0 Å². The largest absolute Gasteiger partial charge is 0.508 e. The summed E-state index contributed by atoms with van der Waals surface area (Å²) >= 11 is 0. The Morgan fingerprint density at radius 1 is 1.20 bits per heavy atom. The summed E-state index contributed by atoms with van der Waals surface area (Å²) < 4.78 is 0. The van der Waals surface area contributed by atoms with Crippen LogP contribution in [0, 0.1) is 5.92 Å². The molecule has 0 aliphatic carbocycles. The van der Waals surface area contributed by atoms with Crippen LogP contribution in [-0.4, -0.2) is 11.1 Å². The zero-order valence-corrected chi connectivity index (χ0v) is 9.83. The smallest absolute Gasteiger partial charge is 0.115 e. The van der Waals surface area contributed by atoms with Gasteiger partial charge in [-0.3, -0.25) is 0 Å². The standard InChI is InChI=1S/C13H21NO/c1-4-10(2)11(3)14-9-12-5-7-13(15)8-6-12/h5-8,10-11,14-15H,4,9H2,1-3H3. The molecular weight excluding hydrogens is 186 g/mol. The molecule has 0 fully saturated rings. The summed E-state index contributed by atoms with van der Waals surface area (Å²) in [6, 6.07) is 7.89. The number of benzene rings is 1. The summed E-state index contributed by atoms with van der Waals surface area (Å²) in [6.45, 7) is 7.55. The molecule has 0 radical (unpaired) electrons. The molecule has 0 aliphatic heterocycles. The highest BCUT2D eigenvalue weighted by atomic mass is 16.3. The van der Waals surface area contributed by atoms with Crippen LogP contribution in [0.3, 0.4) is 0 Å². The summed E-state index contributed by atoms with van der Waals surface area (Å²) in [5.74, 6) is 1.02. The van der Waals surface area contributed by atoms with E-state index in [1.807, 2.05) is 12.1 Å². The number of hydrogen-bond acceptors (Lipinski definition) is 2. The van der Waals surface area contributed by atoms with E-state index in [1.54, 1.807) is 12.1 Å². The van der Waals surface area contributed by atoms with Gasteiger partial charge in [0.1, 0.15) is 5.75 Å². The van der Waals surface area contributed by atoms with Gasteiger partial charge in [-0.15, -0.1) is 0 Å². The first-order chi connectivity index (χ1) is 7.13. The van der Waals surface area contributed by atoms with E-state index in [4.69, 9.17) is 5.11 Å². The molecule has 0 aromatic heterocycles. The summed E-state index contributed by atoms with van der Waals surface area (Å²) in [6.07, 6.45) is 1.20. The maximum atomic E-state index is 9.14. The molecular formula is C13H21NO. The van der Waals surface area contributed by atoms with Gasteiger partial charge in [0.05, 0.1) is 0 Å². The molecule has 84 valence electrons. The fraction of sp³-hybridized carbons (Fsp3) is 0.538. The maximum Gasteiger partial charge on any atom is 0.115 e. The van der Waals surface area contributed by atoms with E-state index < -0.39 is 0 Å².